The smallest absolute Gasteiger partial charge is 0.338 e. The van der Waals surface area contributed by atoms with Crippen LogP contribution in [0.4, 0.5) is 0 Å². The van der Waals surface area contributed by atoms with Gasteiger partial charge in [0.05, 0.1) is 15.6 Å². The molecule has 2 N–H and O–H groups in total. The van der Waals surface area contributed by atoms with Crippen LogP contribution in [-0.2, 0) is 31.0 Å². The van der Waals surface area contributed by atoms with Gasteiger partial charge in [-0.05, 0) is 12.6 Å². The van der Waals surface area contributed by atoms with Crippen LogP contribution in [0, 0.1) is 0 Å². The lowest BCUT2D eigenvalue weighted by atomic mass is 10.00. The zero-order valence-electron chi connectivity index (χ0n) is 13.3. The SMILES string of the molecule is CNS(=O)(=O)C1C(=C=O)C(Cl)=C(C(=O)O)C(Cl)=C1OCc1ccccc1. The number of carboxylic acid groups (broad SMARTS) is 1. The molecule has 1 unspecified atom stereocenters. The van der Waals surface area contributed by atoms with Crippen molar-refractivity contribution in [2.24, 2.45) is 0 Å². The van der Waals surface area contributed by atoms with Gasteiger partial charge in [-0.2, -0.15) is 0 Å². The van der Waals surface area contributed by atoms with Crippen molar-refractivity contribution < 1.29 is 27.9 Å². The Kier molecular flexibility index (Phi) is 6.28. The molecule has 2 rings (SSSR count). The molecule has 0 radical (unpaired) electrons. The van der Waals surface area contributed by atoms with Crippen molar-refractivity contribution in [1.29, 1.82) is 0 Å². The van der Waals surface area contributed by atoms with Crippen molar-refractivity contribution >= 4 is 45.1 Å². The lowest BCUT2D eigenvalue weighted by Gasteiger charge is -2.27. The third kappa shape index (κ3) is 3.85. The Balaban J connectivity index is 2.62. The van der Waals surface area contributed by atoms with Gasteiger partial charge in [0.1, 0.15) is 23.9 Å². The third-order valence-corrected chi connectivity index (χ3v) is 5.96. The Morgan fingerprint density at radius 2 is 1.88 bits per heavy atom. The minimum atomic E-state index is -4.18. The first-order valence-electron chi connectivity index (χ1n) is 7.12. The fourth-order valence-corrected chi connectivity index (χ4v) is 4.31. The van der Waals surface area contributed by atoms with Crippen molar-refractivity contribution in [1.82, 2.24) is 4.72 Å². The standard InChI is InChI=1S/C16H13Cl2NO6S/c1-19-26(23,24)15-10(7-20)12(17)11(16(21)22)13(18)14(15)25-8-9-5-3-2-4-6-9/h2-6,15,19H,8H2,1H3,(H,21,22). The zero-order valence-corrected chi connectivity index (χ0v) is 15.7. The molecule has 138 valence electrons. The second-order valence-corrected chi connectivity index (χ2v) is 7.82. The van der Waals surface area contributed by atoms with Gasteiger partial charge < -0.3 is 9.84 Å². The van der Waals surface area contributed by atoms with E-state index in [9.17, 15) is 23.1 Å². The second-order valence-electron chi connectivity index (χ2n) is 5.09. The largest absolute Gasteiger partial charge is 0.490 e. The highest BCUT2D eigenvalue weighted by molar-refractivity contribution is 7.90. The number of aliphatic carboxylic acids is 1. The Labute approximate surface area is 159 Å². The molecule has 0 aliphatic heterocycles. The molecule has 1 aromatic rings. The molecular formula is C16H13Cl2NO6S. The van der Waals surface area contributed by atoms with Crippen LogP contribution in [0.5, 0.6) is 0 Å². The van der Waals surface area contributed by atoms with Crippen LogP contribution >= 0.6 is 23.2 Å². The topological polar surface area (TPSA) is 110 Å². The van der Waals surface area contributed by atoms with Crippen LogP contribution in [0.15, 0.2) is 57.3 Å². The average molecular weight is 418 g/mol. The monoisotopic (exact) mass is 417 g/mol. The summed E-state index contributed by atoms with van der Waals surface area (Å²) >= 11 is 12.0. The summed E-state index contributed by atoms with van der Waals surface area (Å²) < 4.78 is 32.4. The fourth-order valence-electron chi connectivity index (χ4n) is 2.29. The Morgan fingerprint density at radius 1 is 1.27 bits per heavy atom. The van der Waals surface area contributed by atoms with E-state index in [1.54, 1.807) is 30.3 Å². The zero-order chi connectivity index (χ0) is 19.5. The summed E-state index contributed by atoms with van der Waals surface area (Å²) in [6, 6.07) is 8.70. The molecular weight excluding hydrogens is 405 g/mol. The highest BCUT2D eigenvalue weighted by atomic mass is 35.5. The van der Waals surface area contributed by atoms with Gasteiger partial charge in [-0.3, -0.25) is 0 Å². The average Bonchev–Trinajstić information content (AvgIpc) is 2.61. The van der Waals surface area contributed by atoms with E-state index < -0.39 is 48.2 Å². The minimum absolute atomic E-state index is 0.0984. The number of hydrogen-bond acceptors (Lipinski definition) is 5. The van der Waals surface area contributed by atoms with Crippen molar-refractivity contribution in [2.45, 2.75) is 11.9 Å². The highest BCUT2D eigenvalue weighted by Crippen LogP contribution is 2.41. The second kappa shape index (κ2) is 8.07. The number of carboxylic acids is 1. The Bertz CT molecular complexity index is 946. The fraction of sp³-hybridized carbons (Fsp3) is 0.188. The summed E-state index contributed by atoms with van der Waals surface area (Å²) in [7, 11) is -3.05. The highest BCUT2D eigenvalue weighted by Gasteiger charge is 2.44. The number of ether oxygens (including phenoxy) is 1. The molecule has 1 aliphatic rings. The van der Waals surface area contributed by atoms with E-state index in [0.717, 1.165) is 7.05 Å². The van der Waals surface area contributed by atoms with E-state index >= 15 is 0 Å². The van der Waals surface area contributed by atoms with Crippen LogP contribution in [0.1, 0.15) is 5.56 Å². The molecule has 1 aliphatic carbocycles. The number of nitrogens with one attached hydrogen (secondary N) is 1. The van der Waals surface area contributed by atoms with Crippen LogP contribution in [-0.4, -0.2) is 37.7 Å². The van der Waals surface area contributed by atoms with Gasteiger partial charge in [-0.1, -0.05) is 53.5 Å². The molecule has 0 saturated heterocycles. The predicted octanol–water partition coefficient (Wildman–Crippen LogP) is 1.92. The summed E-state index contributed by atoms with van der Waals surface area (Å²) in [6.45, 7) is -0.0984. The molecule has 0 spiro atoms. The molecule has 0 fully saturated rings. The van der Waals surface area contributed by atoms with Gasteiger partial charge in [0.2, 0.25) is 10.0 Å². The van der Waals surface area contributed by atoms with Gasteiger partial charge in [0.25, 0.3) is 0 Å². The lowest BCUT2D eigenvalue weighted by Crippen LogP contribution is -2.38. The molecule has 0 bridgehead atoms. The number of hydrogen-bond donors (Lipinski definition) is 2. The van der Waals surface area contributed by atoms with Crippen LogP contribution in [0.25, 0.3) is 0 Å². The molecule has 0 amide bonds. The maximum Gasteiger partial charge on any atom is 0.338 e. The summed E-state index contributed by atoms with van der Waals surface area (Å²) in [5, 5.41) is 6.49. The number of benzene rings is 1. The van der Waals surface area contributed by atoms with E-state index in [1.807, 2.05) is 0 Å². The van der Waals surface area contributed by atoms with E-state index in [2.05, 4.69) is 4.72 Å². The summed E-state index contributed by atoms with van der Waals surface area (Å²) in [5.41, 5.74) is -0.539. The van der Waals surface area contributed by atoms with Crippen LogP contribution < -0.4 is 4.72 Å². The number of allylic oxidation sites excluding steroid dienone is 1. The van der Waals surface area contributed by atoms with E-state index in [4.69, 9.17) is 27.9 Å². The van der Waals surface area contributed by atoms with E-state index in [-0.39, 0.29) is 6.61 Å². The lowest BCUT2D eigenvalue weighted by molar-refractivity contribution is -0.132. The first kappa shape index (κ1) is 20.2. The number of carbonyl (C=O) groups excluding carboxylic acids is 1. The molecule has 1 atom stereocenters. The molecule has 7 nitrogen and oxygen atoms in total. The normalized spacial score (nSPS) is 18.0. The molecule has 10 heteroatoms. The first-order chi connectivity index (χ1) is 12.2. The molecule has 0 saturated carbocycles. The number of rotatable bonds is 6. The molecule has 1 aromatic carbocycles. The van der Waals surface area contributed by atoms with Crippen molar-refractivity contribution in [2.75, 3.05) is 7.05 Å². The number of carbonyl (C=O) groups is 1. The minimum Gasteiger partial charge on any atom is -0.490 e. The van der Waals surface area contributed by atoms with Gasteiger partial charge >= 0.3 is 5.97 Å². The van der Waals surface area contributed by atoms with Crippen molar-refractivity contribution in [3.63, 3.8) is 0 Å². The Morgan fingerprint density at radius 3 is 2.38 bits per heavy atom. The summed E-state index contributed by atoms with van der Waals surface area (Å²) in [4.78, 5) is 22.8. The summed E-state index contributed by atoms with van der Waals surface area (Å²) in [5.74, 6) is -0.546. The maximum atomic E-state index is 12.4. The van der Waals surface area contributed by atoms with Crippen molar-refractivity contribution in [3.05, 3.63) is 62.9 Å². The molecule has 0 heterocycles. The molecule has 0 aromatic heterocycles. The van der Waals surface area contributed by atoms with Crippen LogP contribution in [0.2, 0.25) is 0 Å². The Hall–Kier alpha value is -2.09. The van der Waals surface area contributed by atoms with Gasteiger partial charge in [-0.25, -0.2) is 22.7 Å². The van der Waals surface area contributed by atoms with E-state index in [1.165, 1.54) is 5.94 Å². The van der Waals surface area contributed by atoms with Crippen molar-refractivity contribution in [3.8, 4) is 0 Å². The quantitative estimate of drug-likeness (QED) is 0.684. The number of sulfonamides is 1. The van der Waals surface area contributed by atoms with E-state index in [0.29, 0.717) is 5.56 Å². The van der Waals surface area contributed by atoms with Crippen LogP contribution in [0.3, 0.4) is 0 Å². The van der Waals surface area contributed by atoms with Gasteiger partial charge in [0.15, 0.2) is 5.25 Å². The number of halogens is 2. The predicted molar refractivity (Wildman–Crippen MR) is 95.6 cm³/mol. The molecule has 26 heavy (non-hydrogen) atoms. The first-order valence-corrected chi connectivity index (χ1v) is 9.42. The third-order valence-electron chi connectivity index (χ3n) is 3.55. The maximum absolute atomic E-state index is 12.4. The van der Waals surface area contributed by atoms with Gasteiger partial charge in [-0.15, -0.1) is 0 Å². The summed E-state index contributed by atoms with van der Waals surface area (Å²) in [6.07, 6.45) is 0. The van der Waals surface area contributed by atoms with Gasteiger partial charge in [0, 0.05) is 0 Å².